The maximum atomic E-state index is 13.9. The average Bonchev–Trinajstić information content (AvgIpc) is 3.17. The molecule has 3 aromatic rings. The Labute approximate surface area is 170 Å². The highest BCUT2D eigenvalue weighted by Crippen LogP contribution is 2.32. The van der Waals surface area contributed by atoms with Crippen LogP contribution < -0.4 is 14.4 Å². The van der Waals surface area contributed by atoms with Crippen LogP contribution in [0.2, 0.25) is 0 Å². The summed E-state index contributed by atoms with van der Waals surface area (Å²) in [5.41, 5.74) is 0.667. The standard InChI is InChI=1S/C20H19F2N3O3S/c1-27-14-7-12(8-15(11-14)28-2)19(26)24-3-5-25(6-4-24)20-23-18-16(22)9-13(21)10-17(18)29-20/h7-11H,3-6H2,1-2H3. The van der Waals surface area contributed by atoms with E-state index in [1.807, 2.05) is 4.90 Å². The number of halogens is 2. The first-order valence-corrected chi connectivity index (χ1v) is 9.83. The summed E-state index contributed by atoms with van der Waals surface area (Å²) in [6, 6.07) is 7.20. The van der Waals surface area contributed by atoms with Crippen LogP contribution in [0.3, 0.4) is 0 Å². The molecule has 1 saturated heterocycles. The third kappa shape index (κ3) is 3.82. The molecule has 0 spiro atoms. The summed E-state index contributed by atoms with van der Waals surface area (Å²) in [6.07, 6.45) is 0. The van der Waals surface area contributed by atoms with Crippen LogP contribution in [0.4, 0.5) is 13.9 Å². The largest absolute Gasteiger partial charge is 0.497 e. The number of amides is 1. The van der Waals surface area contributed by atoms with Crippen molar-refractivity contribution in [1.29, 1.82) is 0 Å². The fourth-order valence-corrected chi connectivity index (χ4v) is 4.35. The molecule has 2 aromatic carbocycles. The average molecular weight is 419 g/mol. The van der Waals surface area contributed by atoms with E-state index in [4.69, 9.17) is 9.47 Å². The molecule has 0 N–H and O–H groups in total. The van der Waals surface area contributed by atoms with Crippen molar-refractivity contribution < 1.29 is 23.0 Å². The van der Waals surface area contributed by atoms with Crippen LogP contribution >= 0.6 is 11.3 Å². The SMILES string of the molecule is COc1cc(OC)cc(C(=O)N2CCN(c3nc4c(F)cc(F)cc4s3)CC2)c1. The van der Waals surface area contributed by atoms with Crippen molar-refractivity contribution in [2.75, 3.05) is 45.3 Å². The molecular weight excluding hydrogens is 400 g/mol. The van der Waals surface area contributed by atoms with Crippen molar-refractivity contribution in [3.05, 3.63) is 47.5 Å². The first-order chi connectivity index (χ1) is 14.0. The van der Waals surface area contributed by atoms with E-state index in [0.29, 0.717) is 53.1 Å². The molecule has 0 unspecified atom stereocenters. The first kappa shape index (κ1) is 19.4. The van der Waals surface area contributed by atoms with E-state index in [1.54, 1.807) is 23.1 Å². The molecule has 1 aliphatic rings. The highest BCUT2D eigenvalue weighted by molar-refractivity contribution is 7.22. The Morgan fingerprint density at radius 3 is 2.28 bits per heavy atom. The lowest BCUT2D eigenvalue weighted by Crippen LogP contribution is -2.48. The van der Waals surface area contributed by atoms with E-state index in [0.717, 1.165) is 6.07 Å². The maximum Gasteiger partial charge on any atom is 0.254 e. The summed E-state index contributed by atoms with van der Waals surface area (Å²) in [6.45, 7) is 2.09. The number of methoxy groups -OCH3 is 2. The highest BCUT2D eigenvalue weighted by Gasteiger charge is 2.25. The smallest absolute Gasteiger partial charge is 0.254 e. The van der Waals surface area contributed by atoms with E-state index in [9.17, 15) is 13.6 Å². The molecule has 1 aromatic heterocycles. The van der Waals surface area contributed by atoms with Gasteiger partial charge in [0.25, 0.3) is 5.91 Å². The van der Waals surface area contributed by atoms with Gasteiger partial charge in [0.05, 0.1) is 18.9 Å². The number of ether oxygens (including phenoxy) is 2. The highest BCUT2D eigenvalue weighted by atomic mass is 32.1. The number of rotatable bonds is 4. The lowest BCUT2D eigenvalue weighted by molar-refractivity contribution is 0.0746. The van der Waals surface area contributed by atoms with Crippen LogP contribution in [0.5, 0.6) is 11.5 Å². The summed E-state index contributed by atoms with van der Waals surface area (Å²) in [4.78, 5) is 20.9. The lowest BCUT2D eigenvalue weighted by atomic mass is 10.1. The van der Waals surface area contributed by atoms with Gasteiger partial charge in [-0.2, -0.15) is 0 Å². The van der Waals surface area contributed by atoms with Crippen LogP contribution in [-0.2, 0) is 0 Å². The summed E-state index contributed by atoms with van der Waals surface area (Å²) >= 11 is 1.25. The van der Waals surface area contributed by atoms with E-state index in [-0.39, 0.29) is 11.4 Å². The van der Waals surface area contributed by atoms with Crippen LogP contribution in [0, 0.1) is 11.6 Å². The Kier molecular flexibility index (Phi) is 5.23. The quantitative estimate of drug-likeness (QED) is 0.647. The molecule has 4 rings (SSSR count). The number of thiazole rings is 1. The fraction of sp³-hybridized carbons (Fsp3) is 0.300. The molecule has 1 aliphatic heterocycles. The van der Waals surface area contributed by atoms with Crippen molar-refractivity contribution in [3.8, 4) is 11.5 Å². The summed E-state index contributed by atoms with van der Waals surface area (Å²) in [5, 5.41) is 0.625. The molecule has 0 saturated carbocycles. The van der Waals surface area contributed by atoms with Crippen molar-refractivity contribution in [1.82, 2.24) is 9.88 Å². The number of piperazine rings is 1. The molecule has 9 heteroatoms. The molecule has 0 aliphatic carbocycles. The van der Waals surface area contributed by atoms with E-state index in [2.05, 4.69) is 4.98 Å². The van der Waals surface area contributed by atoms with Crippen LogP contribution in [-0.4, -0.2) is 56.2 Å². The third-order valence-electron chi connectivity index (χ3n) is 4.84. The number of hydrogen-bond acceptors (Lipinski definition) is 6. The summed E-state index contributed by atoms with van der Waals surface area (Å²) < 4.78 is 38.3. The molecule has 0 bridgehead atoms. The molecule has 1 fully saturated rings. The minimum absolute atomic E-state index is 0.112. The lowest BCUT2D eigenvalue weighted by Gasteiger charge is -2.34. The molecule has 152 valence electrons. The van der Waals surface area contributed by atoms with Gasteiger partial charge < -0.3 is 19.3 Å². The molecule has 1 amide bonds. The number of hydrogen-bond donors (Lipinski definition) is 0. The van der Waals surface area contributed by atoms with Gasteiger partial charge >= 0.3 is 0 Å². The van der Waals surface area contributed by atoms with E-state index >= 15 is 0 Å². The molecule has 0 atom stereocenters. The minimum Gasteiger partial charge on any atom is -0.497 e. The van der Waals surface area contributed by atoms with Crippen LogP contribution in [0.25, 0.3) is 10.2 Å². The number of aromatic nitrogens is 1. The van der Waals surface area contributed by atoms with Gasteiger partial charge in [0.1, 0.15) is 22.8 Å². The van der Waals surface area contributed by atoms with E-state index in [1.165, 1.54) is 31.6 Å². The molecule has 2 heterocycles. The second kappa shape index (κ2) is 7.82. The number of carbonyl (C=O) groups is 1. The van der Waals surface area contributed by atoms with Crippen molar-refractivity contribution >= 4 is 32.6 Å². The van der Waals surface area contributed by atoms with Gasteiger partial charge in [-0.15, -0.1) is 0 Å². The Morgan fingerprint density at radius 2 is 1.66 bits per heavy atom. The first-order valence-electron chi connectivity index (χ1n) is 9.01. The number of nitrogens with zero attached hydrogens (tertiary/aromatic N) is 3. The fourth-order valence-electron chi connectivity index (χ4n) is 3.30. The van der Waals surface area contributed by atoms with Crippen LogP contribution in [0.15, 0.2) is 30.3 Å². The number of anilines is 1. The second-order valence-electron chi connectivity index (χ2n) is 6.61. The Hall–Kier alpha value is -2.94. The topological polar surface area (TPSA) is 54.9 Å². The predicted molar refractivity (Wildman–Crippen MR) is 107 cm³/mol. The number of carbonyl (C=O) groups excluding carboxylic acids is 1. The molecule has 29 heavy (non-hydrogen) atoms. The van der Waals surface area contributed by atoms with Gasteiger partial charge in [0.15, 0.2) is 10.9 Å². The minimum atomic E-state index is -0.664. The molecular formula is C20H19F2N3O3S. The zero-order valence-electron chi connectivity index (χ0n) is 15.9. The summed E-state index contributed by atoms with van der Waals surface area (Å²) in [7, 11) is 3.07. The van der Waals surface area contributed by atoms with Crippen molar-refractivity contribution in [2.24, 2.45) is 0 Å². The number of fused-ring (bicyclic) bond motifs is 1. The van der Waals surface area contributed by atoms with E-state index < -0.39 is 11.6 Å². The Bertz CT molecular complexity index is 1040. The monoisotopic (exact) mass is 419 g/mol. The second-order valence-corrected chi connectivity index (χ2v) is 7.62. The molecule has 0 radical (unpaired) electrons. The van der Waals surface area contributed by atoms with Gasteiger partial charge in [-0.3, -0.25) is 4.79 Å². The van der Waals surface area contributed by atoms with Gasteiger partial charge in [-0.05, 0) is 18.2 Å². The zero-order chi connectivity index (χ0) is 20.5. The predicted octanol–water partition coefficient (Wildman–Crippen LogP) is 3.55. The third-order valence-corrected chi connectivity index (χ3v) is 5.90. The van der Waals surface area contributed by atoms with Gasteiger partial charge in [-0.25, -0.2) is 13.8 Å². The van der Waals surface area contributed by atoms with Gasteiger partial charge in [0, 0.05) is 43.9 Å². The van der Waals surface area contributed by atoms with Crippen molar-refractivity contribution in [3.63, 3.8) is 0 Å². The number of benzene rings is 2. The Balaban J connectivity index is 1.48. The van der Waals surface area contributed by atoms with Gasteiger partial charge in [-0.1, -0.05) is 11.3 Å². The van der Waals surface area contributed by atoms with Gasteiger partial charge in [0.2, 0.25) is 0 Å². The maximum absolute atomic E-state index is 13.9. The zero-order valence-corrected chi connectivity index (χ0v) is 16.8. The Morgan fingerprint density at radius 1 is 1.00 bits per heavy atom. The van der Waals surface area contributed by atoms with Crippen molar-refractivity contribution in [2.45, 2.75) is 0 Å². The normalized spacial score (nSPS) is 14.3. The summed E-state index contributed by atoms with van der Waals surface area (Å²) in [5.74, 6) is -0.290. The molecule has 6 nitrogen and oxygen atoms in total. The van der Waals surface area contributed by atoms with Crippen LogP contribution in [0.1, 0.15) is 10.4 Å².